The fraction of sp³-hybridized carbons (Fsp3) is 0.292. The van der Waals surface area contributed by atoms with E-state index in [2.05, 4.69) is 67.1 Å². The van der Waals surface area contributed by atoms with Gasteiger partial charge in [-0.25, -0.2) is 4.98 Å². The molecule has 0 radical (unpaired) electrons. The third-order valence-electron chi connectivity index (χ3n) is 6.43. The number of H-pyrrole nitrogens is 1. The van der Waals surface area contributed by atoms with Gasteiger partial charge < -0.3 is 14.5 Å². The van der Waals surface area contributed by atoms with Gasteiger partial charge in [0.1, 0.15) is 6.33 Å². The second kappa shape index (κ2) is 7.80. The number of hydrogen-bond acceptors (Lipinski definition) is 5. The van der Waals surface area contributed by atoms with E-state index in [1.54, 1.807) is 0 Å². The van der Waals surface area contributed by atoms with Crippen molar-refractivity contribution in [3.05, 3.63) is 61.2 Å². The van der Waals surface area contributed by atoms with Gasteiger partial charge in [-0.05, 0) is 35.9 Å². The predicted octanol–water partition coefficient (Wildman–Crippen LogP) is 2.71. The minimum atomic E-state index is 0.0733. The van der Waals surface area contributed by atoms with Crippen LogP contribution >= 0.6 is 0 Å². The molecule has 0 spiro atoms. The molecule has 32 heavy (non-hydrogen) atoms. The summed E-state index contributed by atoms with van der Waals surface area (Å²) in [5.74, 6) is 0.331. The number of aromatic nitrogens is 4. The van der Waals surface area contributed by atoms with E-state index in [4.69, 9.17) is 4.74 Å². The first kappa shape index (κ1) is 19.1. The highest BCUT2D eigenvalue weighted by Gasteiger charge is 2.36. The first-order chi connectivity index (χ1) is 15.8. The number of carbonyl (C=O) groups is 1. The summed E-state index contributed by atoms with van der Waals surface area (Å²) in [6.07, 6.45) is 5.57. The van der Waals surface area contributed by atoms with E-state index in [0.717, 1.165) is 46.6 Å². The molecule has 0 atom stereocenters. The molecule has 2 aromatic heterocycles. The number of amides is 1. The zero-order valence-electron chi connectivity index (χ0n) is 17.6. The molecule has 8 heteroatoms. The Labute approximate surface area is 185 Å². The number of nitrogens with one attached hydrogen (secondary N) is 1. The number of hydrogen-bond donors (Lipinski definition) is 1. The molecule has 4 heterocycles. The topological polar surface area (TPSA) is 79.3 Å². The fourth-order valence-electron chi connectivity index (χ4n) is 4.51. The Morgan fingerprint density at radius 1 is 1.00 bits per heavy atom. The van der Waals surface area contributed by atoms with E-state index in [9.17, 15) is 4.79 Å². The SMILES string of the molecule is O=C(C1CN(c2ccc3ncn(-c4ccc(-c5cn[nH]c5)cc4)c3c2)C1)N1CCOCC1. The van der Waals surface area contributed by atoms with Gasteiger partial charge in [-0.1, -0.05) is 12.1 Å². The second-order valence-corrected chi connectivity index (χ2v) is 8.36. The lowest BCUT2D eigenvalue weighted by Gasteiger charge is -2.42. The van der Waals surface area contributed by atoms with Crippen molar-refractivity contribution in [3.8, 4) is 16.8 Å². The Balaban J connectivity index is 1.20. The quantitative estimate of drug-likeness (QED) is 0.541. The molecule has 162 valence electrons. The molecular weight excluding hydrogens is 404 g/mol. The number of ether oxygens (including phenoxy) is 1. The van der Waals surface area contributed by atoms with Crippen LogP contribution in [0.4, 0.5) is 5.69 Å². The van der Waals surface area contributed by atoms with Crippen LogP contribution in [0.25, 0.3) is 27.8 Å². The lowest BCUT2D eigenvalue weighted by atomic mass is 9.97. The maximum Gasteiger partial charge on any atom is 0.229 e. The van der Waals surface area contributed by atoms with E-state index >= 15 is 0 Å². The van der Waals surface area contributed by atoms with E-state index in [1.807, 2.05) is 23.6 Å². The number of rotatable bonds is 4. The van der Waals surface area contributed by atoms with Crippen molar-refractivity contribution < 1.29 is 9.53 Å². The molecule has 2 saturated heterocycles. The number of anilines is 1. The number of nitrogens with zero attached hydrogens (tertiary/aromatic N) is 5. The number of fused-ring (bicyclic) bond motifs is 1. The van der Waals surface area contributed by atoms with Gasteiger partial charge in [-0.2, -0.15) is 5.10 Å². The lowest BCUT2D eigenvalue weighted by molar-refractivity contribution is -0.140. The molecule has 2 fully saturated rings. The molecule has 0 unspecified atom stereocenters. The average molecular weight is 428 g/mol. The molecule has 1 amide bonds. The summed E-state index contributed by atoms with van der Waals surface area (Å²) >= 11 is 0. The summed E-state index contributed by atoms with van der Waals surface area (Å²) < 4.78 is 7.47. The van der Waals surface area contributed by atoms with Gasteiger partial charge in [0.2, 0.25) is 5.91 Å². The number of carbonyl (C=O) groups excluding carboxylic acids is 1. The summed E-state index contributed by atoms with van der Waals surface area (Å²) in [4.78, 5) is 21.5. The van der Waals surface area contributed by atoms with Crippen LogP contribution in [0, 0.1) is 5.92 Å². The molecule has 2 aliphatic rings. The Bertz CT molecular complexity index is 1240. The molecule has 2 aliphatic heterocycles. The van der Waals surface area contributed by atoms with Crippen molar-refractivity contribution >= 4 is 22.6 Å². The molecular formula is C24H24N6O2. The van der Waals surface area contributed by atoms with Gasteiger partial charge >= 0.3 is 0 Å². The largest absolute Gasteiger partial charge is 0.378 e. The normalized spacial score (nSPS) is 17.0. The molecule has 0 bridgehead atoms. The zero-order valence-corrected chi connectivity index (χ0v) is 17.6. The third kappa shape index (κ3) is 3.33. The maximum atomic E-state index is 12.7. The van der Waals surface area contributed by atoms with Crippen LogP contribution in [0.3, 0.4) is 0 Å². The standard InChI is InChI=1S/C24H24N6O2/c31-24(28-7-9-32-10-8-28)19-14-29(15-19)21-5-6-22-23(11-21)30(16-25-22)20-3-1-17(2-4-20)18-12-26-27-13-18/h1-6,11-13,16,19H,7-10,14-15H2,(H,26,27). The molecule has 1 N–H and O–H groups in total. The first-order valence-corrected chi connectivity index (χ1v) is 10.9. The van der Waals surface area contributed by atoms with Crippen LogP contribution in [0.1, 0.15) is 0 Å². The van der Waals surface area contributed by atoms with Crippen LogP contribution in [-0.2, 0) is 9.53 Å². The lowest BCUT2D eigenvalue weighted by Crippen LogP contribution is -2.56. The Kier molecular flexibility index (Phi) is 4.65. The third-order valence-corrected chi connectivity index (χ3v) is 6.43. The molecule has 4 aromatic rings. The summed E-state index contributed by atoms with van der Waals surface area (Å²) in [6.45, 7) is 4.22. The highest BCUT2D eigenvalue weighted by Crippen LogP contribution is 2.30. The number of benzene rings is 2. The molecule has 0 saturated carbocycles. The van der Waals surface area contributed by atoms with Gasteiger partial charge in [0.25, 0.3) is 0 Å². The van der Waals surface area contributed by atoms with E-state index in [0.29, 0.717) is 26.3 Å². The van der Waals surface area contributed by atoms with Crippen LogP contribution in [0.2, 0.25) is 0 Å². The first-order valence-electron chi connectivity index (χ1n) is 10.9. The van der Waals surface area contributed by atoms with Crippen LogP contribution in [0.5, 0.6) is 0 Å². The van der Waals surface area contributed by atoms with Gasteiger partial charge in [-0.15, -0.1) is 0 Å². The zero-order chi connectivity index (χ0) is 21.5. The summed E-state index contributed by atoms with van der Waals surface area (Å²) in [7, 11) is 0. The summed E-state index contributed by atoms with van der Waals surface area (Å²) in [5.41, 5.74) is 6.37. The van der Waals surface area contributed by atoms with Crippen LogP contribution in [-0.4, -0.2) is 69.9 Å². The van der Waals surface area contributed by atoms with Crippen molar-refractivity contribution in [1.29, 1.82) is 0 Å². The highest BCUT2D eigenvalue weighted by molar-refractivity contribution is 5.85. The smallest absolute Gasteiger partial charge is 0.229 e. The summed E-state index contributed by atoms with van der Waals surface area (Å²) in [5, 5.41) is 6.87. The maximum absolute atomic E-state index is 12.7. The van der Waals surface area contributed by atoms with Crippen molar-refractivity contribution in [2.24, 2.45) is 5.92 Å². The molecule has 6 rings (SSSR count). The molecule has 0 aliphatic carbocycles. The predicted molar refractivity (Wildman–Crippen MR) is 122 cm³/mol. The Morgan fingerprint density at radius 2 is 1.78 bits per heavy atom. The van der Waals surface area contributed by atoms with E-state index < -0.39 is 0 Å². The Morgan fingerprint density at radius 3 is 2.53 bits per heavy atom. The van der Waals surface area contributed by atoms with Crippen molar-refractivity contribution in [2.45, 2.75) is 0 Å². The highest BCUT2D eigenvalue weighted by atomic mass is 16.5. The van der Waals surface area contributed by atoms with Crippen molar-refractivity contribution in [2.75, 3.05) is 44.3 Å². The van der Waals surface area contributed by atoms with Crippen LogP contribution < -0.4 is 4.90 Å². The minimum absolute atomic E-state index is 0.0733. The van der Waals surface area contributed by atoms with Crippen molar-refractivity contribution in [1.82, 2.24) is 24.6 Å². The minimum Gasteiger partial charge on any atom is -0.378 e. The second-order valence-electron chi connectivity index (χ2n) is 8.36. The summed E-state index contributed by atoms with van der Waals surface area (Å²) in [6, 6.07) is 14.7. The van der Waals surface area contributed by atoms with Crippen LogP contribution in [0.15, 0.2) is 61.2 Å². The van der Waals surface area contributed by atoms with Crippen molar-refractivity contribution in [3.63, 3.8) is 0 Å². The average Bonchev–Trinajstić information content (AvgIpc) is 3.49. The molecule has 8 nitrogen and oxygen atoms in total. The monoisotopic (exact) mass is 428 g/mol. The van der Waals surface area contributed by atoms with E-state index in [1.165, 1.54) is 0 Å². The van der Waals surface area contributed by atoms with Gasteiger partial charge in [0, 0.05) is 49.3 Å². The fourth-order valence-corrected chi connectivity index (χ4v) is 4.51. The Hall–Kier alpha value is -3.65. The number of morpholine rings is 1. The van der Waals surface area contributed by atoms with E-state index in [-0.39, 0.29) is 11.8 Å². The molecule has 2 aromatic carbocycles. The van der Waals surface area contributed by atoms with Gasteiger partial charge in [-0.3, -0.25) is 14.5 Å². The number of aromatic amines is 1. The number of imidazole rings is 1. The van der Waals surface area contributed by atoms with Gasteiger partial charge in [0.15, 0.2) is 0 Å². The van der Waals surface area contributed by atoms with Gasteiger partial charge in [0.05, 0.1) is 36.4 Å².